The first kappa shape index (κ1) is 29.6. The maximum atomic E-state index is 11.6. The average Bonchev–Trinajstić information content (AvgIpc) is 2.46. The van der Waals surface area contributed by atoms with Crippen molar-refractivity contribution in [1.82, 2.24) is 14.7 Å². The van der Waals surface area contributed by atoms with Crippen LogP contribution in [0, 0.1) is 6.54 Å². The van der Waals surface area contributed by atoms with Gasteiger partial charge in [0, 0.05) is 52.3 Å². The molecule has 0 aromatic carbocycles. The molecule has 157 valence electrons. The van der Waals surface area contributed by atoms with E-state index in [1.165, 1.54) is 20.8 Å². The van der Waals surface area contributed by atoms with Gasteiger partial charge in [-0.3, -0.25) is 30.6 Å². The van der Waals surface area contributed by atoms with Crippen molar-refractivity contribution in [3.63, 3.8) is 0 Å². The number of carbonyl (C=O) groups excluding carboxylic acids is 4. The molecule has 0 rings (SSSR count). The molecule has 0 heterocycles. The Morgan fingerprint density at radius 1 is 0.679 bits per heavy atom. The Morgan fingerprint density at radius 2 is 1.11 bits per heavy atom. The van der Waals surface area contributed by atoms with Crippen LogP contribution in [-0.4, -0.2) is 90.2 Å². The Bertz CT molecular complexity index is 480. The molecule has 0 saturated carbocycles. The molecule has 0 fully saturated rings. The fraction of sp³-hybridized carbons (Fsp3) is 0.650. The van der Waals surface area contributed by atoms with Crippen molar-refractivity contribution >= 4 is 23.1 Å². The minimum absolute atomic E-state index is 0. The zero-order valence-electron chi connectivity index (χ0n) is 18.0. The third kappa shape index (κ3) is 17.5. The summed E-state index contributed by atoms with van der Waals surface area (Å²) >= 11 is 0. The molecule has 0 aromatic heterocycles. The second-order valence-corrected chi connectivity index (χ2v) is 7.30. The van der Waals surface area contributed by atoms with Gasteiger partial charge in [-0.1, -0.05) is 12.2 Å². The summed E-state index contributed by atoms with van der Waals surface area (Å²) in [6.07, 6.45) is 0. The predicted molar refractivity (Wildman–Crippen MR) is 106 cm³/mol. The van der Waals surface area contributed by atoms with Crippen LogP contribution in [-0.2, 0) is 51.9 Å². The Kier molecular flexibility index (Phi) is 17.2. The Morgan fingerprint density at radius 3 is 1.50 bits per heavy atom. The van der Waals surface area contributed by atoms with E-state index in [1.807, 2.05) is 23.3 Å². The Labute approximate surface area is 194 Å². The minimum Gasteiger partial charge on any atom is -0.448 e. The second kappa shape index (κ2) is 16.2. The molecule has 0 aliphatic rings. The normalized spacial score (nSPS) is 10.9. The molecule has 0 saturated heterocycles. The maximum Gasteiger partial charge on any atom is 0.143 e. The number of carbonyl (C=O) groups is 4. The third-order valence-electron chi connectivity index (χ3n) is 3.56. The fourth-order valence-corrected chi connectivity index (χ4v) is 2.75. The molecule has 7 nitrogen and oxygen atoms in total. The first-order valence-electron chi connectivity index (χ1n) is 9.13. The van der Waals surface area contributed by atoms with Gasteiger partial charge in [0.05, 0.1) is 19.6 Å². The van der Waals surface area contributed by atoms with Crippen molar-refractivity contribution in [2.24, 2.45) is 0 Å². The summed E-state index contributed by atoms with van der Waals surface area (Å²) in [7, 11) is 0. The minimum atomic E-state index is -0.0168. The molecule has 0 spiro atoms. The number of hydrogen-bond donors (Lipinski definition) is 0. The van der Waals surface area contributed by atoms with Crippen molar-refractivity contribution in [3.05, 3.63) is 18.7 Å². The van der Waals surface area contributed by atoms with E-state index < -0.39 is 0 Å². The van der Waals surface area contributed by atoms with Gasteiger partial charge in [0.2, 0.25) is 0 Å². The van der Waals surface area contributed by atoms with Gasteiger partial charge in [-0.25, -0.2) is 0 Å². The van der Waals surface area contributed by atoms with Gasteiger partial charge < -0.3 is 9.80 Å². The molecule has 0 unspecified atom stereocenters. The summed E-state index contributed by atoms with van der Waals surface area (Å²) in [5.74, 6) is 0.0649. The molecule has 0 atom stereocenters. The summed E-state index contributed by atoms with van der Waals surface area (Å²) in [4.78, 5) is 51.5. The quantitative estimate of drug-likeness (QED) is 0.246. The van der Waals surface area contributed by atoms with Gasteiger partial charge in [-0.2, -0.15) is 0 Å². The van der Waals surface area contributed by atoms with Gasteiger partial charge in [-0.15, -0.1) is 6.54 Å². The van der Waals surface area contributed by atoms with Gasteiger partial charge in [0.1, 0.15) is 23.1 Å². The van der Waals surface area contributed by atoms with E-state index in [2.05, 4.69) is 6.58 Å². The van der Waals surface area contributed by atoms with Crippen LogP contribution in [0.4, 0.5) is 0 Å². The predicted octanol–water partition coefficient (Wildman–Crippen LogP) is 0.984. The first-order chi connectivity index (χ1) is 12.5. The number of nitrogens with zero attached hydrogens (tertiary/aromatic N) is 3. The Hall–Kier alpha value is -0.596. The van der Waals surface area contributed by atoms with Crippen LogP contribution in [0.15, 0.2) is 12.2 Å². The molecule has 28 heavy (non-hydrogen) atoms. The van der Waals surface area contributed by atoms with Gasteiger partial charge in [0.25, 0.3) is 0 Å². The average molecular weight is 469 g/mol. The summed E-state index contributed by atoms with van der Waals surface area (Å²) in [5.41, 5.74) is 0.965. The van der Waals surface area contributed by atoms with Crippen molar-refractivity contribution in [1.29, 1.82) is 0 Å². The van der Waals surface area contributed by atoms with Crippen LogP contribution in [0.5, 0.6) is 0 Å². The third-order valence-corrected chi connectivity index (χ3v) is 3.56. The zero-order valence-corrected chi connectivity index (χ0v) is 20.8. The SMILES string of the molecule is C=C(C)CN(CCN([CH-]CN(CC(C)=O)CC(C)=O)CC(C)=O)CC(C)=O.[Y]. The van der Waals surface area contributed by atoms with Crippen LogP contribution in [0.25, 0.3) is 0 Å². The second-order valence-electron chi connectivity index (χ2n) is 7.30. The van der Waals surface area contributed by atoms with Crippen molar-refractivity contribution in [2.75, 3.05) is 52.4 Å². The summed E-state index contributed by atoms with van der Waals surface area (Å²) in [6.45, 7) is 16.8. The molecular formula is C20H34N3O4Y-. The van der Waals surface area contributed by atoms with E-state index >= 15 is 0 Å². The monoisotopic (exact) mass is 469 g/mol. The van der Waals surface area contributed by atoms with Gasteiger partial charge >= 0.3 is 0 Å². The van der Waals surface area contributed by atoms with Crippen LogP contribution in [0.1, 0.15) is 34.6 Å². The van der Waals surface area contributed by atoms with E-state index in [-0.39, 0.29) is 75.5 Å². The molecule has 0 N–H and O–H groups in total. The molecular weight excluding hydrogens is 435 g/mol. The van der Waals surface area contributed by atoms with Crippen LogP contribution in [0.2, 0.25) is 0 Å². The molecule has 0 bridgehead atoms. The summed E-state index contributed by atoms with van der Waals surface area (Å²) < 4.78 is 0. The van der Waals surface area contributed by atoms with Crippen LogP contribution >= 0.6 is 0 Å². The van der Waals surface area contributed by atoms with Gasteiger partial charge in [-0.05, 0) is 41.2 Å². The molecule has 8 heteroatoms. The maximum absolute atomic E-state index is 11.6. The fourth-order valence-electron chi connectivity index (χ4n) is 2.75. The van der Waals surface area contributed by atoms with Crippen molar-refractivity contribution in [2.45, 2.75) is 34.6 Å². The largest absolute Gasteiger partial charge is 0.448 e. The molecule has 0 amide bonds. The van der Waals surface area contributed by atoms with E-state index in [0.29, 0.717) is 32.7 Å². The van der Waals surface area contributed by atoms with E-state index in [1.54, 1.807) is 11.8 Å². The number of Topliss-reactive ketones (excluding diaryl/α,β-unsaturated/α-hetero) is 4. The van der Waals surface area contributed by atoms with E-state index in [0.717, 1.165) is 5.57 Å². The standard InChI is InChI=1S/C20H34N3O4.Y/c1-16(2)11-22(13-18(4)25)9-7-21(12-17(3)24)8-10-23(14-19(5)26)15-20(6)27;/h8H,1,7,9-15H2,2-6H3;/q-1;. The molecule has 0 aliphatic carbocycles. The number of rotatable bonds is 16. The smallest absolute Gasteiger partial charge is 0.143 e. The van der Waals surface area contributed by atoms with Crippen LogP contribution in [0.3, 0.4) is 0 Å². The zero-order chi connectivity index (χ0) is 21.0. The van der Waals surface area contributed by atoms with E-state index in [4.69, 9.17) is 0 Å². The van der Waals surface area contributed by atoms with Gasteiger partial charge in [0.15, 0.2) is 0 Å². The number of hydrogen-bond acceptors (Lipinski definition) is 7. The van der Waals surface area contributed by atoms with Crippen LogP contribution < -0.4 is 0 Å². The summed E-state index contributed by atoms with van der Waals surface area (Å²) in [6, 6.07) is 0. The first-order valence-corrected chi connectivity index (χ1v) is 9.13. The van der Waals surface area contributed by atoms with E-state index in [9.17, 15) is 19.2 Å². The molecule has 0 aromatic rings. The molecule has 1 radical (unpaired) electrons. The van der Waals surface area contributed by atoms with Crippen molar-refractivity contribution in [3.8, 4) is 0 Å². The number of ketones is 4. The van der Waals surface area contributed by atoms with Crippen molar-refractivity contribution < 1.29 is 51.9 Å². The summed E-state index contributed by atoms with van der Waals surface area (Å²) in [5, 5.41) is 0. The Balaban J connectivity index is 0. The topological polar surface area (TPSA) is 78.0 Å². The molecule has 0 aliphatic heterocycles.